The van der Waals surface area contributed by atoms with Gasteiger partial charge in [0.15, 0.2) is 17.5 Å². The summed E-state index contributed by atoms with van der Waals surface area (Å²) in [5, 5.41) is 4.57. The highest BCUT2D eigenvalue weighted by Crippen LogP contribution is 2.19. The summed E-state index contributed by atoms with van der Waals surface area (Å²) in [5.41, 5.74) is -1.44. The van der Waals surface area contributed by atoms with E-state index in [-0.39, 0.29) is 18.4 Å². The van der Waals surface area contributed by atoms with Gasteiger partial charge in [0.25, 0.3) is 5.56 Å². The number of aryl methyl sites for hydroxylation is 1. The first-order valence-electron chi connectivity index (χ1n) is 8.70. The summed E-state index contributed by atoms with van der Waals surface area (Å²) in [6.07, 6.45) is -0.192. The van der Waals surface area contributed by atoms with E-state index in [0.29, 0.717) is 11.6 Å². The molecule has 1 heterocycles. The maximum Gasteiger partial charge on any atom is 0.328 e. The number of aromatic amines is 1. The Labute approximate surface area is 166 Å². The zero-order valence-corrected chi connectivity index (χ0v) is 15.3. The molecule has 0 unspecified atom stereocenters. The van der Waals surface area contributed by atoms with Gasteiger partial charge in [0.05, 0.1) is 23.1 Å². The Morgan fingerprint density at radius 2 is 1.70 bits per heavy atom. The van der Waals surface area contributed by atoms with E-state index >= 15 is 0 Å². The third-order valence-electron chi connectivity index (χ3n) is 4.22. The molecule has 0 fully saturated rings. The quantitative estimate of drug-likeness (QED) is 0.521. The van der Waals surface area contributed by atoms with Gasteiger partial charge in [-0.3, -0.25) is 23.9 Å². The predicted molar refractivity (Wildman–Crippen MR) is 101 cm³/mol. The highest BCUT2D eigenvalue weighted by atomic mass is 19.2. The van der Waals surface area contributed by atoms with Crippen LogP contribution in [-0.2, 0) is 16.1 Å². The molecule has 30 heavy (non-hydrogen) atoms. The number of nitrogens with zero attached hydrogens (tertiary/aromatic N) is 1. The van der Waals surface area contributed by atoms with Gasteiger partial charge in [0, 0.05) is 13.0 Å². The molecule has 8 nitrogen and oxygen atoms in total. The van der Waals surface area contributed by atoms with E-state index in [1.165, 1.54) is 10.6 Å². The second kappa shape index (κ2) is 8.64. The number of anilines is 1. The van der Waals surface area contributed by atoms with E-state index in [1.54, 1.807) is 18.2 Å². The molecular formula is C19H15F3N4O4. The van der Waals surface area contributed by atoms with E-state index < -0.39 is 52.7 Å². The van der Waals surface area contributed by atoms with Crippen LogP contribution in [0.2, 0.25) is 0 Å². The van der Waals surface area contributed by atoms with Crippen molar-refractivity contribution in [3.8, 4) is 0 Å². The highest BCUT2D eigenvalue weighted by molar-refractivity contribution is 5.94. The molecule has 2 aromatic carbocycles. The lowest BCUT2D eigenvalue weighted by Gasteiger charge is -2.10. The average Bonchev–Trinajstić information content (AvgIpc) is 2.72. The van der Waals surface area contributed by atoms with E-state index in [9.17, 15) is 32.3 Å². The minimum Gasteiger partial charge on any atom is -0.347 e. The lowest BCUT2D eigenvalue weighted by atomic mass is 10.2. The van der Waals surface area contributed by atoms with Gasteiger partial charge in [-0.1, -0.05) is 12.1 Å². The van der Waals surface area contributed by atoms with Gasteiger partial charge in [-0.25, -0.2) is 18.0 Å². The molecule has 1 aromatic heterocycles. The molecule has 0 aliphatic carbocycles. The van der Waals surface area contributed by atoms with Crippen molar-refractivity contribution in [2.75, 3.05) is 11.9 Å². The van der Waals surface area contributed by atoms with Crippen molar-refractivity contribution in [1.29, 1.82) is 0 Å². The highest BCUT2D eigenvalue weighted by Gasteiger charge is 2.16. The number of hydrogen-bond donors (Lipinski definition) is 3. The zero-order valence-electron chi connectivity index (χ0n) is 15.3. The number of carbonyl (C=O) groups is 2. The number of para-hydroxylation sites is 1. The van der Waals surface area contributed by atoms with Crippen molar-refractivity contribution in [1.82, 2.24) is 14.9 Å². The first kappa shape index (κ1) is 20.8. The number of fused-ring (bicyclic) bond motifs is 1. The molecule has 0 atom stereocenters. The smallest absolute Gasteiger partial charge is 0.328 e. The molecular weight excluding hydrogens is 405 g/mol. The third kappa shape index (κ3) is 4.40. The summed E-state index contributed by atoms with van der Waals surface area (Å²) in [6.45, 7) is -0.625. The summed E-state index contributed by atoms with van der Waals surface area (Å²) in [4.78, 5) is 49.8. The molecule has 0 spiro atoms. The van der Waals surface area contributed by atoms with Crippen LogP contribution >= 0.6 is 0 Å². The lowest BCUT2D eigenvalue weighted by Crippen LogP contribution is -2.35. The minimum absolute atomic E-state index is 0.0681. The van der Waals surface area contributed by atoms with Gasteiger partial charge < -0.3 is 10.6 Å². The number of aromatic nitrogens is 2. The molecule has 2 amide bonds. The fourth-order valence-electron chi connectivity index (χ4n) is 2.76. The molecule has 0 saturated heterocycles. The maximum absolute atomic E-state index is 13.5. The van der Waals surface area contributed by atoms with Crippen LogP contribution < -0.4 is 21.9 Å². The maximum atomic E-state index is 13.5. The van der Waals surface area contributed by atoms with Crippen molar-refractivity contribution in [2.24, 2.45) is 0 Å². The Morgan fingerprint density at radius 1 is 0.967 bits per heavy atom. The monoisotopic (exact) mass is 420 g/mol. The van der Waals surface area contributed by atoms with Gasteiger partial charge in [-0.2, -0.15) is 0 Å². The summed E-state index contributed by atoms with van der Waals surface area (Å²) < 4.78 is 40.8. The number of H-pyrrole nitrogens is 1. The van der Waals surface area contributed by atoms with Crippen LogP contribution in [0, 0.1) is 17.5 Å². The fourth-order valence-corrected chi connectivity index (χ4v) is 2.76. The predicted octanol–water partition coefficient (Wildman–Crippen LogP) is 1.25. The van der Waals surface area contributed by atoms with Gasteiger partial charge in [-0.05, 0) is 24.3 Å². The lowest BCUT2D eigenvalue weighted by molar-refractivity contribution is -0.124. The first-order chi connectivity index (χ1) is 14.3. The molecule has 0 saturated carbocycles. The van der Waals surface area contributed by atoms with Crippen LogP contribution in [0.25, 0.3) is 10.9 Å². The molecule has 0 aliphatic rings. The number of amides is 2. The van der Waals surface area contributed by atoms with E-state index in [4.69, 9.17) is 0 Å². The van der Waals surface area contributed by atoms with Crippen LogP contribution in [0.3, 0.4) is 0 Å². The minimum atomic E-state index is -1.73. The first-order valence-corrected chi connectivity index (χ1v) is 8.70. The summed E-state index contributed by atoms with van der Waals surface area (Å²) in [6, 6.07) is 7.87. The average molecular weight is 420 g/mol. The van der Waals surface area contributed by atoms with E-state index in [2.05, 4.69) is 10.3 Å². The summed E-state index contributed by atoms with van der Waals surface area (Å²) in [5.74, 6) is -6.14. The van der Waals surface area contributed by atoms with E-state index in [1.807, 2.05) is 5.32 Å². The topological polar surface area (TPSA) is 113 Å². The van der Waals surface area contributed by atoms with Crippen molar-refractivity contribution in [3.63, 3.8) is 0 Å². The molecule has 3 aromatic rings. The van der Waals surface area contributed by atoms with Crippen LogP contribution in [0.1, 0.15) is 6.42 Å². The number of nitrogens with one attached hydrogen (secondary N) is 3. The largest absolute Gasteiger partial charge is 0.347 e. The standard InChI is InChI=1S/C19H15F3N4O4/c20-11-5-6-12(17(22)16(11)21)24-15(28)9-23-14(27)7-8-26-13-4-2-1-3-10(13)18(29)25-19(26)30/h1-6H,7-9H2,(H,23,27)(H,24,28)(H,25,29,30). The Kier molecular flexibility index (Phi) is 6.00. The van der Waals surface area contributed by atoms with Crippen LogP contribution in [0.5, 0.6) is 0 Å². The molecule has 3 N–H and O–H groups in total. The molecule has 3 rings (SSSR count). The number of carbonyl (C=O) groups excluding carboxylic acids is 2. The molecule has 0 bridgehead atoms. The van der Waals surface area contributed by atoms with Crippen molar-refractivity contribution >= 4 is 28.4 Å². The fraction of sp³-hybridized carbons (Fsp3) is 0.158. The molecule has 11 heteroatoms. The number of hydrogen-bond acceptors (Lipinski definition) is 4. The van der Waals surface area contributed by atoms with Crippen LogP contribution in [0.4, 0.5) is 18.9 Å². The third-order valence-corrected chi connectivity index (χ3v) is 4.22. The van der Waals surface area contributed by atoms with Crippen LogP contribution in [-0.4, -0.2) is 27.9 Å². The van der Waals surface area contributed by atoms with Crippen molar-refractivity contribution in [3.05, 3.63) is 74.7 Å². The van der Waals surface area contributed by atoms with Crippen LogP contribution in [0.15, 0.2) is 46.0 Å². The SMILES string of the molecule is O=C(CCn1c(=O)[nH]c(=O)c2ccccc21)NCC(=O)Nc1ccc(F)c(F)c1F. The molecule has 156 valence electrons. The molecule has 0 radical (unpaired) electrons. The van der Waals surface area contributed by atoms with Crippen molar-refractivity contribution < 1.29 is 22.8 Å². The zero-order chi connectivity index (χ0) is 21.8. The summed E-state index contributed by atoms with van der Waals surface area (Å²) >= 11 is 0. The number of halogens is 3. The number of rotatable bonds is 6. The Bertz CT molecular complexity index is 1250. The Hall–Kier alpha value is -3.89. The van der Waals surface area contributed by atoms with Crippen molar-refractivity contribution in [2.45, 2.75) is 13.0 Å². The van der Waals surface area contributed by atoms with Gasteiger partial charge in [-0.15, -0.1) is 0 Å². The Balaban J connectivity index is 1.59. The molecule has 0 aliphatic heterocycles. The second-order valence-electron chi connectivity index (χ2n) is 6.23. The normalized spacial score (nSPS) is 10.8. The van der Waals surface area contributed by atoms with E-state index in [0.717, 1.165) is 6.07 Å². The second-order valence-corrected chi connectivity index (χ2v) is 6.23. The number of benzene rings is 2. The van der Waals surface area contributed by atoms with Gasteiger partial charge in [0.2, 0.25) is 11.8 Å². The Morgan fingerprint density at radius 3 is 2.47 bits per heavy atom. The van der Waals surface area contributed by atoms with Gasteiger partial charge in [0.1, 0.15) is 0 Å². The summed E-state index contributed by atoms with van der Waals surface area (Å²) in [7, 11) is 0. The van der Waals surface area contributed by atoms with Gasteiger partial charge >= 0.3 is 5.69 Å².